The summed E-state index contributed by atoms with van der Waals surface area (Å²) in [6, 6.07) is 13.0. The first-order valence-electron chi connectivity index (χ1n) is 8.12. The average Bonchev–Trinajstić information content (AvgIpc) is 3.08. The fourth-order valence-corrected chi connectivity index (χ4v) is 3.00. The first-order chi connectivity index (χ1) is 12.5. The van der Waals surface area contributed by atoms with Crippen molar-refractivity contribution in [2.24, 2.45) is 0 Å². The molecule has 1 heterocycles. The van der Waals surface area contributed by atoms with Crippen molar-refractivity contribution in [2.45, 2.75) is 26.3 Å². The number of aromatic nitrogens is 2. The quantitative estimate of drug-likeness (QED) is 0.668. The summed E-state index contributed by atoms with van der Waals surface area (Å²) in [7, 11) is 0. The van der Waals surface area contributed by atoms with Crippen LogP contribution in [-0.2, 0) is 17.8 Å². The van der Waals surface area contributed by atoms with Gasteiger partial charge >= 0.3 is 0 Å². The van der Waals surface area contributed by atoms with E-state index in [1.54, 1.807) is 12.1 Å². The first kappa shape index (κ1) is 18.4. The number of carbonyl (C=O) groups is 1. The topological polar surface area (TPSA) is 68.0 Å². The van der Waals surface area contributed by atoms with Crippen molar-refractivity contribution in [3.8, 4) is 11.4 Å². The molecule has 0 aliphatic carbocycles. The second-order valence-corrected chi connectivity index (χ2v) is 6.68. The van der Waals surface area contributed by atoms with Crippen molar-refractivity contribution >= 4 is 29.1 Å². The Hall–Kier alpha value is -2.37. The molecule has 0 aliphatic heterocycles. The van der Waals surface area contributed by atoms with Gasteiger partial charge in [0.15, 0.2) is 0 Å². The van der Waals surface area contributed by atoms with E-state index >= 15 is 0 Å². The molecule has 3 aromatic rings. The standard InChI is InChI=1S/C19H17Cl2N3O2/c1-12-4-2-3-5-15(12)19-23-18(26-24-19)11-22-17(25)9-7-13-6-8-14(20)10-16(13)21/h2-6,8,10H,7,9,11H2,1H3,(H,22,25). The fraction of sp³-hybridized carbons (Fsp3) is 0.211. The molecule has 3 rings (SSSR count). The number of nitrogens with one attached hydrogen (secondary N) is 1. The van der Waals surface area contributed by atoms with Gasteiger partial charge in [-0.2, -0.15) is 4.98 Å². The van der Waals surface area contributed by atoms with Crippen LogP contribution in [0.4, 0.5) is 0 Å². The molecule has 0 unspecified atom stereocenters. The van der Waals surface area contributed by atoms with Crippen LogP contribution in [0.2, 0.25) is 10.0 Å². The third-order valence-electron chi connectivity index (χ3n) is 3.93. The third-order valence-corrected chi connectivity index (χ3v) is 4.51. The van der Waals surface area contributed by atoms with Crippen molar-refractivity contribution in [1.82, 2.24) is 15.5 Å². The molecule has 134 valence electrons. The zero-order valence-electron chi connectivity index (χ0n) is 14.1. The second-order valence-electron chi connectivity index (χ2n) is 5.84. The number of hydrogen-bond donors (Lipinski definition) is 1. The largest absolute Gasteiger partial charge is 0.347 e. The number of nitrogens with zero attached hydrogens (tertiary/aromatic N) is 2. The molecule has 0 aliphatic rings. The summed E-state index contributed by atoms with van der Waals surface area (Å²) < 4.78 is 5.21. The Morgan fingerprint density at radius 1 is 1.19 bits per heavy atom. The van der Waals surface area contributed by atoms with Gasteiger partial charge in [-0.25, -0.2) is 0 Å². The van der Waals surface area contributed by atoms with E-state index in [9.17, 15) is 4.79 Å². The van der Waals surface area contributed by atoms with Gasteiger partial charge in [0.2, 0.25) is 17.6 Å². The van der Waals surface area contributed by atoms with E-state index in [0.717, 1.165) is 16.7 Å². The number of amides is 1. The third kappa shape index (κ3) is 4.62. The Morgan fingerprint density at radius 2 is 2.00 bits per heavy atom. The van der Waals surface area contributed by atoms with Crippen LogP contribution in [-0.4, -0.2) is 16.0 Å². The molecule has 1 amide bonds. The van der Waals surface area contributed by atoms with E-state index in [0.29, 0.717) is 34.6 Å². The van der Waals surface area contributed by atoms with Crippen molar-refractivity contribution < 1.29 is 9.32 Å². The number of hydrogen-bond acceptors (Lipinski definition) is 4. The lowest BCUT2D eigenvalue weighted by Crippen LogP contribution is -2.23. The van der Waals surface area contributed by atoms with Gasteiger partial charge < -0.3 is 9.84 Å². The number of aryl methyl sites for hydroxylation is 2. The Bertz CT molecular complexity index is 925. The molecular formula is C19H17Cl2N3O2. The van der Waals surface area contributed by atoms with Crippen LogP contribution in [0.5, 0.6) is 0 Å². The Balaban J connectivity index is 1.53. The lowest BCUT2D eigenvalue weighted by Gasteiger charge is -2.05. The van der Waals surface area contributed by atoms with Gasteiger partial charge in [0.05, 0.1) is 6.54 Å². The predicted molar refractivity (Wildman–Crippen MR) is 101 cm³/mol. The van der Waals surface area contributed by atoms with Crippen LogP contribution in [0, 0.1) is 6.92 Å². The lowest BCUT2D eigenvalue weighted by molar-refractivity contribution is -0.121. The van der Waals surface area contributed by atoms with Crippen molar-refractivity contribution in [2.75, 3.05) is 0 Å². The molecule has 0 atom stereocenters. The van der Waals surface area contributed by atoms with E-state index in [2.05, 4.69) is 15.5 Å². The summed E-state index contributed by atoms with van der Waals surface area (Å²) in [5.74, 6) is 0.757. The highest BCUT2D eigenvalue weighted by Gasteiger charge is 2.12. The summed E-state index contributed by atoms with van der Waals surface area (Å²) in [4.78, 5) is 16.4. The minimum atomic E-state index is -0.119. The maximum Gasteiger partial charge on any atom is 0.246 e. The van der Waals surface area contributed by atoms with Gasteiger partial charge in [-0.1, -0.05) is 58.7 Å². The van der Waals surface area contributed by atoms with Crippen LogP contribution in [0.3, 0.4) is 0 Å². The molecule has 0 saturated heterocycles. The fourth-order valence-electron chi connectivity index (χ4n) is 2.50. The van der Waals surface area contributed by atoms with Crippen molar-refractivity contribution in [3.05, 3.63) is 69.5 Å². The molecule has 0 fully saturated rings. The van der Waals surface area contributed by atoms with Gasteiger partial charge in [0.1, 0.15) is 0 Å². The van der Waals surface area contributed by atoms with Crippen LogP contribution in [0.25, 0.3) is 11.4 Å². The van der Waals surface area contributed by atoms with Crippen LogP contribution in [0.15, 0.2) is 47.0 Å². The maximum atomic E-state index is 12.0. The lowest BCUT2D eigenvalue weighted by atomic mass is 10.1. The Morgan fingerprint density at radius 3 is 2.77 bits per heavy atom. The molecule has 0 spiro atoms. The van der Waals surface area contributed by atoms with Gasteiger partial charge in [-0.15, -0.1) is 0 Å². The van der Waals surface area contributed by atoms with Gasteiger partial charge in [-0.3, -0.25) is 4.79 Å². The SMILES string of the molecule is Cc1ccccc1-c1noc(CNC(=O)CCc2ccc(Cl)cc2Cl)n1. The molecule has 2 aromatic carbocycles. The second kappa shape index (κ2) is 8.34. The minimum absolute atomic E-state index is 0.119. The molecule has 0 bridgehead atoms. The molecule has 26 heavy (non-hydrogen) atoms. The Kier molecular flexibility index (Phi) is 5.91. The zero-order chi connectivity index (χ0) is 18.5. The first-order valence-corrected chi connectivity index (χ1v) is 8.88. The van der Waals surface area contributed by atoms with E-state index in [1.807, 2.05) is 37.3 Å². The number of benzene rings is 2. The summed E-state index contributed by atoms with van der Waals surface area (Å²) in [6.45, 7) is 2.17. The monoisotopic (exact) mass is 389 g/mol. The number of rotatable bonds is 6. The molecule has 0 saturated carbocycles. The molecule has 1 N–H and O–H groups in total. The highest BCUT2D eigenvalue weighted by molar-refractivity contribution is 6.35. The maximum absolute atomic E-state index is 12.0. The van der Waals surface area contributed by atoms with Gasteiger partial charge in [0.25, 0.3) is 0 Å². The van der Waals surface area contributed by atoms with Crippen LogP contribution < -0.4 is 5.32 Å². The smallest absolute Gasteiger partial charge is 0.246 e. The average molecular weight is 390 g/mol. The zero-order valence-corrected chi connectivity index (χ0v) is 15.6. The predicted octanol–water partition coefficient (Wildman–Crippen LogP) is 4.60. The normalized spacial score (nSPS) is 10.7. The van der Waals surface area contributed by atoms with Gasteiger partial charge in [0, 0.05) is 22.0 Å². The minimum Gasteiger partial charge on any atom is -0.347 e. The summed E-state index contributed by atoms with van der Waals surface area (Å²) in [5.41, 5.74) is 2.85. The molecule has 7 heteroatoms. The van der Waals surface area contributed by atoms with E-state index in [4.69, 9.17) is 27.7 Å². The van der Waals surface area contributed by atoms with E-state index in [1.165, 1.54) is 0 Å². The van der Waals surface area contributed by atoms with E-state index < -0.39 is 0 Å². The molecular weight excluding hydrogens is 373 g/mol. The van der Waals surface area contributed by atoms with Crippen LogP contribution in [0.1, 0.15) is 23.4 Å². The highest BCUT2D eigenvalue weighted by Crippen LogP contribution is 2.22. The number of halogens is 2. The highest BCUT2D eigenvalue weighted by atomic mass is 35.5. The van der Waals surface area contributed by atoms with Crippen molar-refractivity contribution in [1.29, 1.82) is 0 Å². The van der Waals surface area contributed by atoms with Crippen LogP contribution >= 0.6 is 23.2 Å². The van der Waals surface area contributed by atoms with Gasteiger partial charge in [-0.05, 0) is 36.6 Å². The molecule has 0 radical (unpaired) electrons. The molecule has 5 nitrogen and oxygen atoms in total. The summed E-state index contributed by atoms with van der Waals surface area (Å²) >= 11 is 12.0. The Labute approximate surface area is 161 Å². The van der Waals surface area contributed by atoms with E-state index in [-0.39, 0.29) is 12.5 Å². The van der Waals surface area contributed by atoms with Crippen molar-refractivity contribution in [3.63, 3.8) is 0 Å². The number of carbonyl (C=O) groups excluding carboxylic acids is 1. The summed E-state index contributed by atoms with van der Waals surface area (Å²) in [6.07, 6.45) is 0.834. The summed E-state index contributed by atoms with van der Waals surface area (Å²) in [5, 5.41) is 7.88. The molecule has 1 aromatic heterocycles.